The number of hydrogen-bond donors (Lipinski definition) is 1. The first-order valence-corrected chi connectivity index (χ1v) is 13.6. The molecule has 0 saturated carbocycles. The number of aliphatic imine (C=N–C) groups is 2. The molecular weight excluding hydrogens is 530 g/mol. The Labute approximate surface area is 236 Å². The number of methoxy groups -OCH3 is 1. The monoisotopic (exact) mass is 568 g/mol. The minimum atomic E-state index is -0.260. The summed E-state index contributed by atoms with van der Waals surface area (Å²) in [5.74, 6) is 1.28. The summed E-state index contributed by atoms with van der Waals surface area (Å²) in [6, 6.07) is 5.26. The first-order chi connectivity index (χ1) is 18.4. The molecule has 1 unspecified atom stereocenters. The number of halogens is 3. The van der Waals surface area contributed by atoms with Gasteiger partial charge in [-0.3, -0.25) is 9.29 Å². The summed E-state index contributed by atoms with van der Waals surface area (Å²) in [4.78, 5) is 11.3. The van der Waals surface area contributed by atoms with E-state index in [2.05, 4.69) is 27.1 Å². The van der Waals surface area contributed by atoms with Crippen LogP contribution >= 0.6 is 23.2 Å². The Kier molecular flexibility index (Phi) is 15.7. The maximum Gasteiger partial charge on any atom is 0.132 e. The number of ether oxygens (including phenoxy) is 3. The Morgan fingerprint density at radius 1 is 1.26 bits per heavy atom. The van der Waals surface area contributed by atoms with Crippen molar-refractivity contribution in [3.8, 4) is 0 Å². The predicted molar refractivity (Wildman–Crippen MR) is 156 cm³/mol. The van der Waals surface area contributed by atoms with Gasteiger partial charge < -0.3 is 19.5 Å². The van der Waals surface area contributed by atoms with Crippen molar-refractivity contribution in [2.75, 3.05) is 51.9 Å². The van der Waals surface area contributed by atoms with Gasteiger partial charge in [0.1, 0.15) is 24.9 Å². The van der Waals surface area contributed by atoms with Crippen LogP contribution in [0.15, 0.2) is 64.3 Å². The lowest BCUT2D eigenvalue weighted by molar-refractivity contribution is -0.0553. The van der Waals surface area contributed by atoms with E-state index in [9.17, 15) is 4.39 Å². The zero-order chi connectivity index (χ0) is 27.6. The molecule has 1 aliphatic heterocycles. The van der Waals surface area contributed by atoms with E-state index < -0.39 is 0 Å². The van der Waals surface area contributed by atoms with Crippen LogP contribution in [0.5, 0.6) is 0 Å². The molecule has 1 fully saturated rings. The number of anilines is 1. The first-order valence-electron chi connectivity index (χ1n) is 12.9. The molecule has 1 atom stereocenters. The lowest BCUT2D eigenvalue weighted by Gasteiger charge is -2.32. The van der Waals surface area contributed by atoms with Crippen LogP contribution in [0.1, 0.15) is 39.5 Å². The molecule has 1 N–H and O–H groups in total. The van der Waals surface area contributed by atoms with Crippen molar-refractivity contribution in [2.45, 2.75) is 45.6 Å². The molecule has 0 aliphatic carbocycles. The van der Waals surface area contributed by atoms with Crippen molar-refractivity contribution in [3.63, 3.8) is 0 Å². The van der Waals surface area contributed by atoms with Crippen molar-refractivity contribution < 1.29 is 18.6 Å². The molecule has 7 nitrogen and oxygen atoms in total. The zero-order valence-electron chi connectivity index (χ0n) is 22.5. The molecule has 0 amide bonds. The quantitative estimate of drug-likeness (QED) is 0.0760. The highest BCUT2D eigenvalue weighted by Gasteiger charge is 2.20. The third-order valence-electron chi connectivity index (χ3n) is 5.64. The van der Waals surface area contributed by atoms with Gasteiger partial charge in [0.15, 0.2) is 0 Å². The van der Waals surface area contributed by atoms with E-state index in [1.165, 1.54) is 6.34 Å². The highest BCUT2D eigenvalue weighted by Crippen LogP contribution is 2.25. The third-order valence-corrected chi connectivity index (χ3v) is 6.38. The van der Waals surface area contributed by atoms with E-state index in [1.54, 1.807) is 37.7 Å². The van der Waals surface area contributed by atoms with Crippen molar-refractivity contribution in [1.82, 2.24) is 4.90 Å². The van der Waals surface area contributed by atoms with Gasteiger partial charge in [0.05, 0.1) is 42.5 Å². The van der Waals surface area contributed by atoms with E-state index in [0.29, 0.717) is 35.5 Å². The molecule has 1 aromatic rings. The predicted octanol–water partition coefficient (Wildman–Crippen LogP) is 7.05. The van der Waals surface area contributed by atoms with Crippen LogP contribution < -0.4 is 5.32 Å². The number of hydrogen-bond acceptors (Lipinski definition) is 6. The Bertz CT molecular complexity index is 998. The SMILES string of the molecule is CCCC(/C=C/OCC1CN(CCCCF)CCO1)=N/C=N\C(=C\C=C(/C)OC)Nc1ccc(Cl)c(Cl)c1. The minimum absolute atomic E-state index is 0.00402. The lowest BCUT2D eigenvalue weighted by atomic mass is 10.2. The van der Waals surface area contributed by atoms with Crippen LogP contribution in [0.25, 0.3) is 0 Å². The third kappa shape index (κ3) is 12.9. The average molecular weight is 570 g/mol. The van der Waals surface area contributed by atoms with Crippen LogP contribution in [0, 0.1) is 0 Å². The smallest absolute Gasteiger partial charge is 0.132 e. The normalized spacial score (nSPS) is 17.9. The molecule has 2 rings (SSSR count). The number of nitrogens with zero attached hydrogens (tertiary/aromatic N) is 3. The largest absolute Gasteiger partial charge is 0.501 e. The van der Waals surface area contributed by atoms with Crippen LogP contribution in [0.2, 0.25) is 10.0 Å². The molecule has 10 heteroatoms. The minimum Gasteiger partial charge on any atom is -0.501 e. The Morgan fingerprint density at radius 3 is 2.84 bits per heavy atom. The van der Waals surface area contributed by atoms with Crippen molar-refractivity contribution in [3.05, 3.63) is 64.3 Å². The fourth-order valence-corrected chi connectivity index (χ4v) is 3.82. The molecule has 1 heterocycles. The summed E-state index contributed by atoms with van der Waals surface area (Å²) in [5.41, 5.74) is 1.58. The van der Waals surface area contributed by atoms with Crippen LogP contribution in [-0.4, -0.2) is 69.7 Å². The second-order valence-electron chi connectivity index (χ2n) is 8.73. The van der Waals surface area contributed by atoms with Gasteiger partial charge in [0.25, 0.3) is 0 Å². The maximum absolute atomic E-state index is 12.3. The van der Waals surface area contributed by atoms with Crippen LogP contribution in [0.4, 0.5) is 10.1 Å². The van der Waals surface area contributed by atoms with Gasteiger partial charge in [0.2, 0.25) is 0 Å². The Morgan fingerprint density at radius 2 is 2.11 bits per heavy atom. The van der Waals surface area contributed by atoms with Gasteiger partial charge >= 0.3 is 0 Å². The number of rotatable bonds is 16. The molecule has 0 bridgehead atoms. The van der Waals surface area contributed by atoms with E-state index >= 15 is 0 Å². The van der Waals surface area contributed by atoms with Gasteiger partial charge in [-0.15, -0.1) is 0 Å². The summed E-state index contributed by atoms with van der Waals surface area (Å²) in [6.45, 7) is 7.36. The molecule has 38 heavy (non-hydrogen) atoms. The van der Waals surface area contributed by atoms with Gasteiger partial charge in [-0.1, -0.05) is 36.5 Å². The van der Waals surface area contributed by atoms with Gasteiger partial charge in [-0.25, -0.2) is 9.98 Å². The molecule has 0 spiro atoms. The second-order valence-corrected chi connectivity index (χ2v) is 9.54. The summed E-state index contributed by atoms with van der Waals surface area (Å²) in [5, 5.41) is 4.13. The number of morpholine rings is 1. The van der Waals surface area contributed by atoms with Crippen molar-refractivity contribution >= 4 is 40.9 Å². The van der Waals surface area contributed by atoms with Crippen LogP contribution in [-0.2, 0) is 14.2 Å². The fourth-order valence-electron chi connectivity index (χ4n) is 3.52. The van der Waals surface area contributed by atoms with E-state index in [4.69, 9.17) is 37.4 Å². The molecule has 0 aromatic heterocycles. The summed E-state index contributed by atoms with van der Waals surface area (Å²) in [7, 11) is 1.61. The Balaban J connectivity index is 1.98. The lowest BCUT2D eigenvalue weighted by Crippen LogP contribution is -2.44. The van der Waals surface area contributed by atoms with Crippen LogP contribution in [0.3, 0.4) is 0 Å². The first kappa shape index (κ1) is 31.8. The molecule has 1 aliphatic rings. The second kappa shape index (κ2) is 18.8. The van der Waals surface area contributed by atoms with E-state index in [-0.39, 0.29) is 12.8 Å². The highest BCUT2D eigenvalue weighted by atomic mass is 35.5. The molecule has 0 radical (unpaired) electrons. The van der Waals surface area contributed by atoms with E-state index in [0.717, 1.165) is 56.1 Å². The van der Waals surface area contributed by atoms with Crippen molar-refractivity contribution in [2.24, 2.45) is 9.98 Å². The van der Waals surface area contributed by atoms with E-state index in [1.807, 2.05) is 19.1 Å². The number of nitrogens with one attached hydrogen (secondary N) is 1. The molecule has 1 aromatic carbocycles. The summed E-state index contributed by atoms with van der Waals surface area (Å²) in [6.07, 6.45) is 11.8. The fraction of sp³-hybridized carbons (Fsp3) is 0.500. The van der Waals surface area contributed by atoms with Gasteiger partial charge in [-0.2, -0.15) is 0 Å². The Hall–Kier alpha value is -2.39. The summed E-state index contributed by atoms with van der Waals surface area (Å²) >= 11 is 12.2. The van der Waals surface area contributed by atoms with Gasteiger partial charge in [0, 0.05) is 24.5 Å². The highest BCUT2D eigenvalue weighted by molar-refractivity contribution is 6.42. The zero-order valence-corrected chi connectivity index (χ0v) is 24.0. The maximum atomic E-state index is 12.3. The number of alkyl halides is 1. The van der Waals surface area contributed by atoms with Crippen molar-refractivity contribution in [1.29, 1.82) is 0 Å². The molecule has 1 saturated heterocycles. The topological polar surface area (TPSA) is 67.7 Å². The molecule has 210 valence electrons. The average Bonchev–Trinajstić information content (AvgIpc) is 2.91. The molecular formula is C28H39Cl2FN4O3. The number of allylic oxidation sites excluding steroid dienone is 4. The number of unbranched alkanes of at least 4 members (excludes halogenated alkanes) is 1. The summed E-state index contributed by atoms with van der Waals surface area (Å²) < 4.78 is 29.1. The standard InChI is InChI=1S/C28H39Cl2FN4O3/c1-4-7-23(12-16-37-20-25-19-35(15-17-38-25)14-6-5-13-31)32-21-33-28(11-8-22(2)36-3)34-24-9-10-26(29)27(30)18-24/h8-12,16,18,21,25,34H,4-7,13-15,17,19-20H2,1-3H3/b16-12+,22-8+,28-11-,32-23-,33-21-. The van der Waals surface area contributed by atoms with Gasteiger partial charge in [-0.05, 0) is 69.2 Å². The number of benzene rings is 1.